The molecule has 1 N–H and O–H groups in total. The molecule has 20 heavy (non-hydrogen) atoms. The van der Waals surface area contributed by atoms with Crippen LogP contribution in [0.4, 0.5) is 0 Å². The molecule has 0 aliphatic carbocycles. The largest absolute Gasteiger partial charge is 0.314 e. The maximum atomic E-state index is 3.62. The van der Waals surface area contributed by atoms with Gasteiger partial charge in [-0.3, -0.25) is 0 Å². The van der Waals surface area contributed by atoms with Crippen molar-refractivity contribution < 1.29 is 0 Å². The molecule has 0 heterocycles. The van der Waals surface area contributed by atoms with Crippen molar-refractivity contribution in [3.05, 3.63) is 35.9 Å². The summed E-state index contributed by atoms with van der Waals surface area (Å²) in [6.45, 7) is 12.4. The lowest BCUT2D eigenvalue weighted by Crippen LogP contribution is -2.46. The third kappa shape index (κ3) is 5.64. The van der Waals surface area contributed by atoms with Gasteiger partial charge in [0, 0.05) is 24.5 Å². The summed E-state index contributed by atoms with van der Waals surface area (Å²) in [6.07, 6.45) is 2.54. The molecule has 0 bridgehead atoms. The van der Waals surface area contributed by atoms with Gasteiger partial charge < -0.3 is 10.2 Å². The van der Waals surface area contributed by atoms with Gasteiger partial charge in [-0.25, -0.2) is 0 Å². The topological polar surface area (TPSA) is 15.3 Å². The van der Waals surface area contributed by atoms with Gasteiger partial charge in [-0.2, -0.15) is 0 Å². The van der Waals surface area contributed by atoms with E-state index in [1.807, 2.05) is 0 Å². The minimum Gasteiger partial charge on any atom is -0.314 e. The lowest BCUT2D eigenvalue weighted by molar-refractivity contribution is 0.243. The summed E-state index contributed by atoms with van der Waals surface area (Å²) in [7, 11) is 2.24. The van der Waals surface area contributed by atoms with Crippen LogP contribution in [-0.2, 0) is 5.41 Å². The number of likely N-dealkylation sites (N-methyl/N-ethyl adjacent to an activating group) is 1. The van der Waals surface area contributed by atoms with Gasteiger partial charge in [-0.1, -0.05) is 64.4 Å². The second kappa shape index (κ2) is 8.43. The molecule has 0 aliphatic rings. The molecule has 114 valence electrons. The second-order valence-electron chi connectivity index (χ2n) is 6.55. The number of rotatable bonds is 9. The number of nitrogens with zero attached hydrogens (tertiary/aromatic N) is 1. The van der Waals surface area contributed by atoms with Crippen molar-refractivity contribution in [3.63, 3.8) is 0 Å². The van der Waals surface area contributed by atoms with E-state index in [4.69, 9.17) is 0 Å². The maximum Gasteiger partial charge on any atom is 0.0177 e. The standard InChI is InChI=1S/C18H32N2/c1-6-7-13-20(5)15-18(4,14-19-16(2)3)17-11-9-8-10-12-17/h8-12,16,19H,6-7,13-15H2,1-5H3. The van der Waals surface area contributed by atoms with Gasteiger partial charge in [-0.15, -0.1) is 0 Å². The van der Waals surface area contributed by atoms with Crippen molar-refractivity contribution in [2.75, 3.05) is 26.7 Å². The van der Waals surface area contributed by atoms with Crippen molar-refractivity contribution in [2.45, 2.75) is 52.0 Å². The van der Waals surface area contributed by atoms with Crippen LogP contribution in [0.2, 0.25) is 0 Å². The Labute approximate surface area is 125 Å². The Morgan fingerprint density at radius 2 is 1.85 bits per heavy atom. The molecule has 1 unspecified atom stereocenters. The highest BCUT2D eigenvalue weighted by atomic mass is 15.1. The predicted octanol–water partition coefficient (Wildman–Crippen LogP) is 3.67. The van der Waals surface area contributed by atoms with Crippen LogP contribution in [0.3, 0.4) is 0 Å². The average molecular weight is 276 g/mol. The van der Waals surface area contributed by atoms with Crippen LogP contribution in [0, 0.1) is 0 Å². The Balaban J connectivity index is 2.78. The van der Waals surface area contributed by atoms with Gasteiger partial charge in [0.15, 0.2) is 0 Å². The second-order valence-corrected chi connectivity index (χ2v) is 6.55. The number of nitrogens with one attached hydrogen (secondary N) is 1. The molecular weight excluding hydrogens is 244 g/mol. The van der Waals surface area contributed by atoms with Gasteiger partial charge in [0.2, 0.25) is 0 Å². The minimum absolute atomic E-state index is 0.161. The van der Waals surface area contributed by atoms with E-state index in [0.29, 0.717) is 6.04 Å². The SMILES string of the molecule is CCCCN(C)CC(C)(CNC(C)C)c1ccccc1. The van der Waals surface area contributed by atoms with Gasteiger partial charge >= 0.3 is 0 Å². The van der Waals surface area contributed by atoms with Gasteiger partial charge in [0.1, 0.15) is 0 Å². The van der Waals surface area contributed by atoms with Crippen LogP contribution in [0.1, 0.15) is 46.1 Å². The van der Waals surface area contributed by atoms with E-state index >= 15 is 0 Å². The first-order valence-electron chi connectivity index (χ1n) is 7.95. The lowest BCUT2D eigenvalue weighted by atomic mass is 9.81. The molecule has 1 aromatic rings. The summed E-state index contributed by atoms with van der Waals surface area (Å²) < 4.78 is 0. The molecular formula is C18H32N2. The zero-order valence-corrected chi connectivity index (χ0v) is 13.9. The van der Waals surface area contributed by atoms with Gasteiger partial charge in [0.25, 0.3) is 0 Å². The highest BCUT2D eigenvalue weighted by Gasteiger charge is 2.27. The fourth-order valence-corrected chi connectivity index (χ4v) is 2.62. The summed E-state index contributed by atoms with van der Waals surface area (Å²) in [6, 6.07) is 11.4. The number of hydrogen-bond donors (Lipinski definition) is 1. The highest BCUT2D eigenvalue weighted by Crippen LogP contribution is 2.24. The van der Waals surface area contributed by atoms with Crippen LogP contribution >= 0.6 is 0 Å². The zero-order chi connectivity index (χ0) is 15.0. The molecule has 0 aliphatic heterocycles. The first kappa shape index (κ1) is 17.2. The fourth-order valence-electron chi connectivity index (χ4n) is 2.62. The number of benzene rings is 1. The van der Waals surface area contributed by atoms with E-state index in [0.717, 1.165) is 13.1 Å². The van der Waals surface area contributed by atoms with Gasteiger partial charge in [-0.05, 0) is 25.6 Å². The number of unbranched alkanes of at least 4 members (excludes halogenated alkanes) is 1. The quantitative estimate of drug-likeness (QED) is 0.740. The van der Waals surface area contributed by atoms with E-state index in [9.17, 15) is 0 Å². The molecule has 0 aromatic heterocycles. The summed E-state index contributed by atoms with van der Waals surface area (Å²) in [4.78, 5) is 2.47. The maximum absolute atomic E-state index is 3.62. The predicted molar refractivity (Wildman–Crippen MR) is 89.3 cm³/mol. The van der Waals surface area contributed by atoms with E-state index in [2.05, 4.69) is 75.3 Å². The van der Waals surface area contributed by atoms with Crippen molar-refractivity contribution in [1.82, 2.24) is 10.2 Å². The Hall–Kier alpha value is -0.860. The molecule has 0 saturated carbocycles. The highest BCUT2D eigenvalue weighted by molar-refractivity contribution is 5.25. The van der Waals surface area contributed by atoms with Crippen LogP contribution in [0.25, 0.3) is 0 Å². The third-order valence-corrected chi connectivity index (χ3v) is 3.88. The van der Waals surface area contributed by atoms with E-state index in [1.54, 1.807) is 0 Å². The first-order chi connectivity index (χ1) is 9.48. The van der Waals surface area contributed by atoms with E-state index in [1.165, 1.54) is 24.9 Å². The van der Waals surface area contributed by atoms with Crippen LogP contribution in [0.5, 0.6) is 0 Å². The monoisotopic (exact) mass is 276 g/mol. The van der Waals surface area contributed by atoms with Crippen LogP contribution in [0.15, 0.2) is 30.3 Å². The third-order valence-electron chi connectivity index (χ3n) is 3.88. The van der Waals surface area contributed by atoms with Crippen molar-refractivity contribution >= 4 is 0 Å². The molecule has 1 atom stereocenters. The van der Waals surface area contributed by atoms with Crippen molar-refractivity contribution in [1.29, 1.82) is 0 Å². The summed E-state index contributed by atoms with van der Waals surface area (Å²) in [5.41, 5.74) is 1.59. The molecule has 0 fully saturated rings. The first-order valence-corrected chi connectivity index (χ1v) is 7.95. The summed E-state index contributed by atoms with van der Waals surface area (Å²) in [5, 5.41) is 3.62. The molecule has 0 saturated heterocycles. The van der Waals surface area contributed by atoms with E-state index in [-0.39, 0.29) is 5.41 Å². The lowest BCUT2D eigenvalue weighted by Gasteiger charge is -2.35. The molecule has 0 radical (unpaired) electrons. The Kier molecular flexibility index (Phi) is 7.25. The molecule has 2 heteroatoms. The van der Waals surface area contributed by atoms with Crippen molar-refractivity contribution in [2.24, 2.45) is 0 Å². The Bertz CT molecular complexity index is 361. The number of hydrogen-bond acceptors (Lipinski definition) is 2. The summed E-state index contributed by atoms with van der Waals surface area (Å²) >= 11 is 0. The van der Waals surface area contributed by atoms with Crippen molar-refractivity contribution in [3.8, 4) is 0 Å². The Morgan fingerprint density at radius 3 is 2.40 bits per heavy atom. The molecule has 0 amide bonds. The smallest absolute Gasteiger partial charge is 0.0177 e. The molecule has 1 aromatic carbocycles. The normalized spacial score (nSPS) is 14.8. The van der Waals surface area contributed by atoms with E-state index < -0.39 is 0 Å². The minimum atomic E-state index is 0.161. The average Bonchev–Trinajstić information content (AvgIpc) is 2.44. The van der Waals surface area contributed by atoms with Gasteiger partial charge in [0.05, 0.1) is 0 Å². The fraction of sp³-hybridized carbons (Fsp3) is 0.667. The van der Waals surface area contributed by atoms with Crippen LogP contribution < -0.4 is 5.32 Å². The van der Waals surface area contributed by atoms with Crippen LogP contribution in [-0.4, -0.2) is 37.6 Å². The Morgan fingerprint density at radius 1 is 1.20 bits per heavy atom. The molecule has 0 spiro atoms. The molecule has 1 rings (SSSR count). The summed E-state index contributed by atoms with van der Waals surface area (Å²) in [5.74, 6) is 0. The zero-order valence-electron chi connectivity index (χ0n) is 13.9. The molecule has 2 nitrogen and oxygen atoms in total.